The van der Waals surface area contributed by atoms with Crippen molar-refractivity contribution in [1.29, 1.82) is 0 Å². The minimum atomic E-state index is -0.607. The van der Waals surface area contributed by atoms with Gasteiger partial charge in [0, 0.05) is 16.1 Å². The fourth-order valence-electron chi connectivity index (χ4n) is 4.49. The molecular weight excluding hydrogens is 440 g/mol. The Kier molecular flexibility index (Phi) is 6.21. The fourth-order valence-corrected chi connectivity index (χ4v) is 4.61. The predicted molar refractivity (Wildman–Crippen MR) is 124 cm³/mol. The van der Waals surface area contributed by atoms with Crippen molar-refractivity contribution >= 4 is 35.1 Å². The first kappa shape index (κ1) is 22.9. The SMILES string of the molecule is Cc1ccc(C(=O)CN(C(=O)c2ccc(Cl)cc2)N2C(=O)[C@H]3[C@@H](C)C=CC[C@H]3C2=O)cc1C. The first-order chi connectivity index (χ1) is 15.7. The van der Waals surface area contributed by atoms with Crippen LogP contribution >= 0.6 is 11.6 Å². The van der Waals surface area contributed by atoms with Gasteiger partial charge in [-0.3, -0.25) is 19.2 Å². The van der Waals surface area contributed by atoms with Gasteiger partial charge >= 0.3 is 0 Å². The molecule has 2 aliphatic rings. The molecule has 0 N–H and O–H groups in total. The molecule has 33 heavy (non-hydrogen) atoms. The van der Waals surface area contributed by atoms with Gasteiger partial charge in [0.2, 0.25) is 0 Å². The van der Waals surface area contributed by atoms with Gasteiger partial charge in [-0.15, -0.1) is 0 Å². The van der Waals surface area contributed by atoms with Crippen LogP contribution in [0.3, 0.4) is 0 Å². The Bertz CT molecular complexity index is 1170. The summed E-state index contributed by atoms with van der Waals surface area (Å²) in [4.78, 5) is 53.3. The Hall–Kier alpha value is -3.25. The zero-order valence-corrected chi connectivity index (χ0v) is 19.5. The smallest absolute Gasteiger partial charge is 0.273 e. The van der Waals surface area contributed by atoms with Crippen LogP contribution in [-0.4, -0.2) is 40.1 Å². The van der Waals surface area contributed by atoms with E-state index in [1.807, 2.05) is 39.0 Å². The van der Waals surface area contributed by atoms with Crippen molar-refractivity contribution in [2.75, 3.05) is 6.54 Å². The highest BCUT2D eigenvalue weighted by Gasteiger charge is 2.53. The predicted octanol–water partition coefficient (Wildman–Crippen LogP) is 4.39. The number of hydrogen-bond acceptors (Lipinski definition) is 4. The number of hydrazine groups is 1. The van der Waals surface area contributed by atoms with Gasteiger partial charge in [0.05, 0.1) is 11.8 Å². The molecule has 1 saturated heterocycles. The molecule has 1 heterocycles. The number of Topliss-reactive ketones (excluding diaryl/α,β-unsaturated/α-hetero) is 1. The van der Waals surface area contributed by atoms with Crippen LogP contribution in [0.4, 0.5) is 0 Å². The van der Waals surface area contributed by atoms with Crippen LogP contribution in [0.2, 0.25) is 5.02 Å². The number of carbonyl (C=O) groups is 4. The van der Waals surface area contributed by atoms with Crippen LogP contribution in [0.1, 0.15) is 45.2 Å². The number of imide groups is 1. The third-order valence-electron chi connectivity index (χ3n) is 6.54. The Morgan fingerprint density at radius 1 is 1.00 bits per heavy atom. The summed E-state index contributed by atoms with van der Waals surface area (Å²) >= 11 is 5.96. The molecule has 6 nitrogen and oxygen atoms in total. The lowest BCUT2D eigenvalue weighted by molar-refractivity contribution is -0.154. The van der Waals surface area contributed by atoms with Crippen molar-refractivity contribution in [3.8, 4) is 0 Å². The lowest BCUT2D eigenvalue weighted by Gasteiger charge is -2.30. The maximum atomic E-state index is 13.5. The highest BCUT2D eigenvalue weighted by Crippen LogP contribution is 2.39. The number of carbonyl (C=O) groups excluding carboxylic acids is 4. The second kappa shape index (κ2) is 8.94. The topological polar surface area (TPSA) is 74.8 Å². The molecule has 3 amide bonds. The summed E-state index contributed by atoms with van der Waals surface area (Å²) in [6.45, 7) is 5.30. The van der Waals surface area contributed by atoms with E-state index in [0.717, 1.165) is 21.1 Å². The standard InChI is InChI=1S/C26H25ClN2O4/c1-15-7-8-19(13-17(15)3)22(30)14-28(24(31)18-9-11-20(27)12-10-18)29-25(32)21-6-4-5-16(2)23(21)26(29)33/h4-5,7-13,16,21,23H,6,14H2,1-3H3/t16-,21+,23-/m0/s1. The van der Waals surface area contributed by atoms with E-state index in [-0.39, 0.29) is 17.3 Å². The molecular formula is C26H25ClN2O4. The van der Waals surface area contributed by atoms with Gasteiger partial charge in [-0.05, 0) is 67.6 Å². The van der Waals surface area contributed by atoms with E-state index in [2.05, 4.69) is 0 Å². The number of rotatable bonds is 5. The van der Waals surface area contributed by atoms with Crippen LogP contribution in [0.5, 0.6) is 0 Å². The van der Waals surface area contributed by atoms with Gasteiger partial charge in [0.25, 0.3) is 17.7 Å². The average Bonchev–Trinajstić information content (AvgIpc) is 3.05. The molecule has 0 bridgehead atoms. The third-order valence-corrected chi connectivity index (χ3v) is 6.79. The quantitative estimate of drug-likeness (QED) is 0.373. The molecule has 2 aromatic carbocycles. The molecule has 0 aromatic heterocycles. The molecule has 1 aliphatic carbocycles. The molecule has 1 fully saturated rings. The minimum Gasteiger partial charge on any atom is -0.292 e. The van der Waals surface area contributed by atoms with E-state index in [9.17, 15) is 19.2 Å². The monoisotopic (exact) mass is 464 g/mol. The summed E-state index contributed by atoms with van der Waals surface area (Å²) < 4.78 is 0. The van der Waals surface area contributed by atoms with Crippen LogP contribution in [0.25, 0.3) is 0 Å². The van der Waals surface area contributed by atoms with Crippen molar-refractivity contribution in [3.05, 3.63) is 81.9 Å². The van der Waals surface area contributed by atoms with Gasteiger partial charge in [0.15, 0.2) is 5.78 Å². The van der Waals surface area contributed by atoms with E-state index in [0.29, 0.717) is 17.0 Å². The number of allylic oxidation sites excluding steroid dienone is 2. The number of ketones is 1. The molecule has 0 saturated carbocycles. The van der Waals surface area contributed by atoms with E-state index >= 15 is 0 Å². The fraction of sp³-hybridized carbons (Fsp3) is 0.308. The van der Waals surface area contributed by atoms with Crippen LogP contribution in [0.15, 0.2) is 54.6 Å². The molecule has 7 heteroatoms. The van der Waals surface area contributed by atoms with Gasteiger partial charge in [0.1, 0.15) is 6.54 Å². The maximum Gasteiger partial charge on any atom is 0.273 e. The minimum absolute atomic E-state index is 0.131. The Morgan fingerprint density at radius 2 is 1.67 bits per heavy atom. The number of amides is 3. The molecule has 0 unspecified atom stereocenters. The number of halogens is 1. The Balaban J connectivity index is 1.71. The zero-order valence-electron chi connectivity index (χ0n) is 18.7. The third kappa shape index (κ3) is 4.23. The van der Waals surface area contributed by atoms with Crippen LogP contribution in [0, 0.1) is 31.6 Å². The molecule has 0 radical (unpaired) electrons. The van der Waals surface area contributed by atoms with Crippen molar-refractivity contribution in [1.82, 2.24) is 10.0 Å². The molecule has 4 rings (SSSR count). The van der Waals surface area contributed by atoms with Gasteiger partial charge < -0.3 is 0 Å². The molecule has 170 valence electrons. The molecule has 3 atom stereocenters. The second-order valence-electron chi connectivity index (χ2n) is 8.74. The highest BCUT2D eigenvalue weighted by molar-refractivity contribution is 6.30. The number of aryl methyl sites for hydroxylation is 2. The maximum absolute atomic E-state index is 13.5. The molecule has 1 aliphatic heterocycles. The van der Waals surface area contributed by atoms with Crippen molar-refractivity contribution in [2.45, 2.75) is 27.2 Å². The first-order valence-corrected chi connectivity index (χ1v) is 11.3. The summed E-state index contributed by atoms with van der Waals surface area (Å²) in [6.07, 6.45) is 4.25. The van der Waals surface area contributed by atoms with Crippen molar-refractivity contribution < 1.29 is 19.2 Å². The number of fused-ring (bicyclic) bond motifs is 1. The summed E-state index contributed by atoms with van der Waals surface area (Å²) in [5.41, 5.74) is 2.62. The summed E-state index contributed by atoms with van der Waals surface area (Å²) in [5, 5.41) is 2.34. The van der Waals surface area contributed by atoms with Crippen molar-refractivity contribution in [2.24, 2.45) is 17.8 Å². The normalized spacial score (nSPS) is 21.8. The number of benzene rings is 2. The lowest BCUT2D eigenvalue weighted by Crippen LogP contribution is -2.52. The first-order valence-electron chi connectivity index (χ1n) is 10.9. The van der Waals surface area contributed by atoms with Gasteiger partial charge in [-0.1, -0.05) is 42.8 Å². The number of hydrogen-bond donors (Lipinski definition) is 0. The summed E-state index contributed by atoms with van der Waals surface area (Å²) in [5.74, 6) is -3.07. The average molecular weight is 465 g/mol. The Labute approximate surface area is 197 Å². The Morgan fingerprint density at radius 3 is 2.30 bits per heavy atom. The highest BCUT2D eigenvalue weighted by atomic mass is 35.5. The van der Waals surface area contributed by atoms with Crippen molar-refractivity contribution in [3.63, 3.8) is 0 Å². The van der Waals surface area contributed by atoms with Crippen LogP contribution in [-0.2, 0) is 9.59 Å². The summed E-state index contributed by atoms with van der Waals surface area (Å²) in [7, 11) is 0. The molecule has 2 aromatic rings. The summed E-state index contributed by atoms with van der Waals surface area (Å²) in [6, 6.07) is 11.4. The largest absolute Gasteiger partial charge is 0.292 e. The van der Waals surface area contributed by atoms with Crippen LogP contribution < -0.4 is 0 Å². The van der Waals surface area contributed by atoms with E-state index < -0.39 is 36.1 Å². The van der Waals surface area contributed by atoms with E-state index in [1.165, 1.54) is 12.1 Å². The van der Waals surface area contributed by atoms with Gasteiger partial charge in [-0.25, -0.2) is 5.01 Å². The number of nitrogens with zero attached hydrogens (tertiary/aromatic N) is 2. The van der Waals surface area contributed by atoms with E-state index in [1.54, 1.807) is 24.3 Å². The second-order valence-corrected chi connectivity index (χ2v) is 9.17. The van der Waals surface area contributed by atoms with Gasteiger partial charge in [-0.2, -0.15) is 5.01 Å². The lowest BCUT2D eigenvalue weighted by atomic mass is 9.78. The van der Waals surface area contributed by atoms with E-state index in [4.69, 9.17) is 11.6 Å². The molecule has 0 spiro atoms. The zero-order chi connectivity index (χ0) is 23.9.